The summed E-state index contributed by atoms with van der Waals surface area (Å²) in [6.07, 6.45) is 1.79. The molecular weight excluding hydrogens is 256 g/mol. The van der Waals surface area contributed by atoms with Crippen LogP contribution < -0.4 is 11.1 Å². The zero-order chi connectivity index (χ0) is 14.8. The Kier molecular flexibility index (Phi) is 3.80. The average Bonchev–Trinajstić information content (AvgIpc) is 2.79. The molecule has 1 aromatic carbocycles. The van der Waals surface area contributed by atoms with Gasteiger partial charge in [-0.1, -0.05) is 0 Å². The van der Waals surface area contributed by atoms with E-state index in [-0.39, 0.29) is 12.3 Å². The number of benzene rings is 1. The molecule has 2 rings (SSSR count). The molecule has 0 aliphatic heterocycles. The monoisotopic (exact) mass is 274 g/mol. The zero-order valence-electron chi connectivity index (χ0n) is 11.8. The lowest BCUT2D eigenvalue weighted by Gasteiger charge is -2.17. The van der Waals surface area contributed by atoms with Gasteiger partial charge in [-0.2, -0.15) is 0 Å². The number of aromatic nitrogens is 4. The average molecular weight is 274 g/mol. The van der Waals surface area contributed by atoms with E-state index in [1.54, 1.807) is 4.68 Å². The SMILES string of the molecule is Cc1cc(NC(=O)CC(C)(C)N)ccc1-n1cnnn1. The zero-order valence-corrected chi connectivity index (χ0v) is 11.8. The quantitative estimate of drug-likeness (QED) is 0.867. The van der Waals surface area contributed by atoms with Gasteiger partial charge in [-0.3, -0.25) is 4.79 Å². The van der Waals surface area contributed by atoms with E-state index in [1.165, 1.54) is 6.33 Å². The van der Waals surface area contributed by atoms with Gasteiger partial charge in [0.05, 0.1) is 5.69 Å². The number of nitrogens with two attached hydrogens (primary N) is 1. The van der Waals surface area contributed by atoms with Crippen molar-refractivity contribution in [3.8, 4) is 5.69 Å². The molecular formula is C13H18N6O. The minimum atomic E-state index is -0.522. The van der Waals surface area contributed by atoms with E-state index < -0.39 is 5.54 Å². The van der Waals surface area contributed by atoms with Crippen LogP contribution >= 0.6 is 0 Å². The van der Waals surface area contributed by atoms with E-state index >= 15 is 0 Å². The maximum atomic E-state index is 11.8. The van der Waals surface area contributed by atoms with Crippen molar-refractivity contribution >= 4 is 11.6 Å². The number of anilines is 1. The summed E-state index contributed by atoms with van der Waals surface area (Å²) in [5, 5.41) is 13.9. The number of hydrogen-bond donors (Lipinski definition) is 2. The van der Waals surface area contributed by atoms with Crippen LogP contribution in [-0.2, 0) is 4.79 Å². The fraction of sp³-hybridized carbons (Fsp3) is 0.385. The fourth-order valence-electron chi connectivity index (χ4n) is 1.88. The highest BCUT2D eigenvalue weighted by Crippen LogP contribution is 2.18. The molecule has 0 saturated heterocycles. The van der Waals surface area contributed by atoms with Gasteiger partial charge in [0, 0.05) is 17.6 Å². The van der Waals surface area contributed by atoms with Gasteiger partial charge in [0.15, 0.2) is 0 Å². The van der Waals surface area contributed by atoms with Crippen LogP contribution in [0.25, 0.3) is 5.69 Å². The van der Waals surface area contributed by atoms with E-state index in [2.05, 4.69) is 20.8 Å². The van der Waals surface area contributed by atoms with Crippen LogP contribution in [0.1, 0.15) is 25.8 Å². The van der Waals surface area contributed by atoms with Crippen molar-refractivity contribution in [2.45, 2.75) is 32.7 Å². The second kappa shape index (κ2) is 5.38. The van der Waals surface area contributed by atoms with Gasteiger partial charge >= 0.3 is 0 Å². The number of hydrogen-bond acceptors (Lipinski definition) is 5. The van der Waals surface area contributed by atoms with Gasteiger partial charge in [-0.05, 0) is 55.0 Å². The normalized spacial score (nSPS) is 11.4. The molecule has 7 nitrogen and oxygen atoms in total. The largest absolute Gasteiger partial charge is 0.326 e. The van der Waals surface area contributed by atoms with Gasteiger partial charge in [-0.25, -0.2) is 4.68 Å². The Morgan fingerprint density at radius 3 is 2.75 bits per heavy atom. The van der Waals surface area contributed by atoms with Crippen molar-refractivity contribution in [2.24, 2.45) is 5.73 Å². The van der Waals surface area contributed by atoms with E-state index in [0.717, 1.165) is 16.9 Å². The van der Waals surface area contributed by atoms with Crippen molar-refractivity contribution in [3.63, 3.8) is 0 Å². The highest BCUT2D eigenvalue weighted by Gasteiger charge is 2.16. The van der Waals surface area contributed by atoms with Gasteiger partial charge in [-0.15, -0.1) is 5.10 Å². The van der Waals surface area contributed by atoms with Crippen LogP contribution in [0, 0.1) is 6.92 Å². The molecule has 0 aliphatic rings. The first-order valence-corrected chi connectivity index (χ1v) is 6.28. The Morgan fingerprint density at radius 1 is 1.45 bits per heavy atom. The summed E-state index contributed by atoms with van der Waals surface area (Å²) in [6.45, 7) is 5.57. The third-order valence-electron chi connectivity index (χ3n) is 2.69. The Labute approximate surface area is 117 Å². The first-order valence-electron chi connectivity index (χ1n) is 6.28. The minimum Gasteiger partial charge on any atom is -0.326 e. The highest BCUT2D eigenvalue weighted by molar-refractivity contribution is 5.91. The Hall–Kier alpha value is -2.28. The standard InChI is InChI=1S/C13H18N6O/c1-9-6-10(16-12(20)7-13(2,3)14)4-5-11(9)19-8-15-17-18-19/h4-6,8H,7,14H2,1-3H3,(H,16,20). The molecule has 7 heteroatoms. The molecule has 1 aromatic heterocycles. The summed E-state index contributed by atoms with van der Waals surface area (Å²) in [6, 6.07) is 5.54. The highest BCUT2D eigenvalue weighted by atomic mass is 16.1. The van der Waals surface area contributed by atoms with E-state index in [0.29, 0.717) is 0 Å². The molecule has 0 radical (unpaired) electrons. The van der Waals surface area contributed by atoms with Crippen molar-refractivity contribution in [1.29, 1.82) is 0 Å². The molecule has 1 heterocycles. The maximum absolute atomic E-state index is 11.8. The topological polar surface area (TPSA) is 98.7 Å². The molecule has 0 saturated carbocycles. The lowest BCUT2D eigenvalue weighted by atomic mass is 10.0. The van der Waals surface area contributed by atoms with E-state index in [9.17, 15) is 4.79 Å². The number of aryl methyl sites for hydroxylation is 1. The summed E-state index contributed by atoms with van der Waals surface area (Å²) in [4.78, 5) is 11.8. The molecule has 0 fully saturated rings. The summed E-state index contributed by atoms with van der Waals surface area (Å²) < 4.78 is 1.57. The Morgan fingerprint density at radius 2 is 2.20 bits per heavy atom. The number of tetrazole rings is 1. The van der Waals surface area contributed by atoms with Crippen molar-refractivity contribution in [1.82, 2.24) is 20.2 Å². The molecule has 1 amide bonds. The third kappa shape index (κ3) is 3.61. The number of nitrogens with one attached hydrogen (secondary N) is 1. The maximum Gasteiger partial charge on any atom is 0.226 e. The van der Waals surface area contributed by atoms with Gasteiger partial charge in [0.2, 0.25) is 5.91 Å². The van der Waals surface area contributed by atoms with Crippen LogP contribution in [0.4, 0.5) is 5.69 Å². The molecule has 3 N–H and O–H groups in total. The summed E-state index contributed by atoms with van der Waals surface area (Å²) in [5.41, 5.74) is 7.86. The molecule has 0 bridgehead atoms. The number of rotatable bonds is 4. The second-order valence-electron chi connectivity index (χ2n) is 5.47. The number of amides is 1. The lowest BCUT2D eigenvalue weighted by molar-refractivity contribution is -0.117. The lowest BCUT2D eigenvalue weighted by Crippen LogP contribution is -2.36. The van der Waals surface area contributed by atoms with Crippen LogP contribution in [0.15, 0.2) is 24.5 Å². The van der Waals surface area contributed by atoms with E-state index in [4.69, 9.17) is 5.73 Å². The van der Waals surface area contributed by atoms with Crippen LogP contribution in [0.5, 0.6) is 0 Å². The predicted molar refractivity (Wildman–Crippen MR) is 75.4 cm³/mol. The fourth-order valence-corrected chi connectivity index (χ4v) is 1.88. The van der Waals surface area contributed by atoms with Gasteiger partial charge < -0.3 is 11.1 Å². The van der Waals surface area contributed by atoms with Crippen molar-refractivity contribution in [3.05, 3.63) is 30.1 Å². The number of carbonyl (C=O) groups excluding carboxylic acids is 1. The number of carbonyl (C=O) groups is 1. The smallest absolute Gasteiger partial charge is 0.226 e. The van der Waals surface area contributed by atoms with Crippen molar-refractivity contribution in [2.75, 3.05) is 5.32 Å². The van der Waals surface area contributed by atoms with E-state index in [1.807, 2.05) is 39.0 Å². The van der Waals surface area contributed by atoms with Crippen molar-refractivity contribution < 1.29 is 4.79 Å². The summed E-state index contributed by atoms with van der Waals surface area (Å²) >= 11 is 0. The first kappa shape index (κ1) is 14.1. The van der Waals surface area contributed by atoms with Crippen LogP contribution in [0.2, 0.25) is 0 Å². The van der Waals surface area contributed by atoms with Gasteiger partial charge in [0.25, 0.3) is 0 Å². The van der Waals surface area contributed by atoms with Crippen LogP contribution in [0.3, 0.4) is 0 Å². The molecule has 2 aromatic rings. The number of nitrogens with zero attached hydrogens (tertiary/aromatic N) is 4. The molecule has 0 atom stereocenters. The molecule has 106 valence electrons. The molecule has 0 unspecified atom stereocenters. The second-order valence-corrected chi connectivity index (χ2v) is 5.47. The third-order valence-corrected chi connectivity index (χ3v) is 2.69. The minimum absolute atomic E-state index is 0.105. The Bertz CT molecular complexity index is 600. The Balaban J connectivity index is 2.12. The van der Waals surface area contributed by atoms with Gasteiger partial charge in [0.1, 0.15) is 6.33 Å². The molecule has 0 spiro atoms. The van der Waals surface area contributed by atoms with Crippen LogP contribution in [-0.4, -0.2) is 31.7 Å². The molecule has 20 heavy (non-hydrogen) atoms. The summed E-state index contributed by atoms with van der Waals surface area (Å²) in [5.74, 6) is -0.105. The summed E-state index contributed by atoms with van der Waals surface area (Å²) in [7, 11) is 0. The predicted octanol–water partition coefficient (Wildman–Crippen LogP) is 1.04. The molecule has 0 aliphatic carbocycles. The first-order chi connectivity index (χ1) is 9.35.